The highest BCUT2D eigenvalue weighted by Gasteiger charge is 2.19. The summed E-state index contributed by atoms with van der Waals surface area (Å²) in [5.41, 5.74) is 10.5. The van der Waals surface area contributed by atoms with E-state index in [1.54, 1.807) is 0 Å². The van der Waals surface area contributed by atoms with Gasteiger partial charge < -0.3 is 10.2 Å². The number of fused-ring (bicyclic) bond motifs is 1. The smallest absolute Gasteiger partial charge is 0.227 e. The predicted molar refractivity (Wildman–Crippen MR) is 87.2 cm³/mol. The zero-order chi connectivity index (χ0) is 15.0. The van der Waals surface area contributed by atoms with Gasteiger partial charge in [0.2, 0.25) is 5.89 Å². The molecule has 0 atom stereocenters. The van der Waals surface area contributed by atoms with Gasteiger partial charge in [-0.15, -0.1) is 0 Å². The average Bonchev–Trinajstić information content (AvgIpc) is 2.90. The van der Waals surface area contributed by atoms with E-state index in [9.17, 15) is 0 Å². The van der Waals surface area contributed by atoms with Crippen molar-refractivity contribution in [3.05, 3.63) is 48.0 Å². The summed E-state index contributed by atoms with van der Waals surface area (Å²) in [6.45, 7) is 6.68. The first-order chi connectivity index (χ1) is 9.99. The van der Waals surface area contributed by atoms with Crippen LogP contribution in [0.25, 0.3) is 22.6 Å². The van der Waals surface area contributed by atoms with Gasteiger partial charge in [0.25, 0.3) is 0 Å². The average molecular weight is 280 g/mol. The monoisotopic (exact) mass is 280 g/mol. The third-order valence-corrected chi connectivity index (χ3v) is 4.19. The number of rotatable bonds is 3. The number of hydrogen-bond donors (Lipinski definition) is 1. The predicted octanol–water partition coefficient (Wildman–Crippen LogP) is 4.76. The molecule has 0 spiro atoms. The van der Waals surface area contributed by atoms with Crippen LogP contribution < -0.4 is 5.73 Å². The quantitative estimate of drug-likeness (QED) is 0.703. The molecule has 1 aromatic heterocycles. The lowest BCUT2D eigenvalue weighted by atomic mass is 9.82. The summed E-state index contributed by atoms with van der Waals surface area (Å²) in [5.74, 6) is 0.615. The van der Waals surface area contributed by atoms with Gasteiger partial charge >= 0.3 is 0 Å². The first-order valence-electron chi connectivity index (χ1n) is 7.26. The van der Waals surface area contributed by atoms with Gasteiger partial charge in [0, 0.05) is 11.3 Å². The van der Waals surface area contributed by atoms with Crippen LogP contribution in [-0.4, -0.2) is 4.98 Å². The van der Waals surface area contributed by atoms with E-state index in [1.807, 2.05) is 30.3 Å². The van der Waals surface area contributed by atoms with Crippen molar-refractivity contribution in [3.63, 3.8) is 0 Å². The van der Waals surface area contributed by atoms with Crippen molar-refractivity contribution in [1.82, 2.24) is 4.98 Å². The highest BCUT2D eigenvalue weighted by molar-refractivity contribution is 5.77. The Morgan fingerprint density at radius 3 is 2.67 bits per heavy atom. The highest BCUT2D eigenvalue weighted by Crippen LogP contribution is 2.31. The Labute approximate surface area is 124 Å². The number of anilines is 1. The van der Waals surface area contributed by atoms with Crippen LogP contribution in [0, 0.1) is 0 Å². The van der Waals surface area contributed by atoms with Crippen molar-refractivity contribution in [1.29, 1.82) is 0 Å². The SMILES string of the molecule is CCC(C)(C)c1ccc2nc(-c3cccc(N)c3)oc2c1. The molecule has 0 radical (unpaired) electrons. The Bertz CT molecular complexity index is 787. The molecule has 21 heavy (non-hydrogen) atoms. The Hall–Kier alpha value is -2.29. The molecule has 1 heterocycles. The Morgan fingerprint density at radius 2 is 1.95 bits per heavy atom. The maximum Gasteiger partial charge on any atom is 0.227 e. The van der Waals surface area contributed by atoms with Crippen LogP contribution in [0.3, 0.4) is 0 Å². The molecule has 0 aliphatic carbocycles. The molecule has 3 heteroatoms. The molecule has 2 N–H and O–H groups in total. The molecule has 0 bridgehead atoms. The summed E-state index contributed by atoms with van der Waals surface area (Å²) in [4.78, 5) is 4.55. The van der Waals surface area contributed by atoms with E-state index < -0.39 is 0 Å². The van der Waals surface area contributed by atoms with Crippen molar-refractivity contribution in [2.45, 2.75) is 32.6 Å². The molecule has 3 rings (SSSR count). The molecule has 0 unspecified atom stereocenters. The van der Waals surface area contributed by atoms with Gasteiger partial charge in [0.05, 0.1) is 0 Å². The molecular formula is C18H20N2O. The lowest BCUT2D eigenvalue weighted by Gasteiger charge is -2.22. The molecular weight excluding hydrogens is 260 g/mol. The van der Waals surface area contributed by atoms with Crippen molar-refractivity contribution in [3.8, 4) is 11.5 Å². The molecule has 0 saturated carbocycles. The van der Waals surface area contributed by atoms with Crippen molar-refractivity contribution >= 4 is 16.8 Å². The van der Waals surface area contributed by atoms with E-state index in [2.05, 4.69) is 37.9 Å². The minimum absolute atomic E-state index is 0.137. The Morgan fingerprint density at radius 1 is 1.14 bits per heavy atom. The van der Waals surface area contributed by atoms with Crippen molar-refractivity contribution < 1.29 is 4.42 Å². The Kier molecular flexibility index (Phi) is 3.20. The lowest BCUT2D eigenvalue weighted by molar-refractivity contribution is 0.505. The van der Waals surface area contributed by atoms with Crippen LogP contribution in [0.4, 0.5) is 5.69 Å². The number of nitrogens with zero attached hydrogens (tertiary/aromatic N) is 1. The zero-order valence-electron chi connectivity index (χ0n) is 12.7. The maximum absolute atomic E-state index is 5.92. The van der Waals surface area contributed by atoms with Gasteiger partial charge in [-0.1, -0.05) is 32.9 Å². The Balaban J connectivity index is 2.09. The number of nitrogen functional groups attached to an aromatic ring is 1. The standard InChI is InChI=1S/C18H20N2O/c1-4-18(2,3)13-8-9-15-16(11-13)21-17(20-15)12-6-5-7-14(19)10-12/h5-11H,4,19H2,1-3H3. The van der Waals surface area contributed by atoms with Crippen LogP contribution in [0.15, 0.2) is 46.9 Å². The summed E-state index contributed by atoms with van der Waals surface area (Å²) >= 11 is 0. The minimum Gasteiger partial charge on any atom is -0.436 e. The van der Waals surface area contributed by atoms with E-state index in [4.69, 9.17) is 10.2 Å². The molecule has 0 aliphatic heterocycles. The second-order valence-corrected chi connectivity index (χ2v) is 6.06. The number of benzene rings is 2. The topological polar surface area (TPSA) is 52.0 Å². The summed E-state index contributed by atoms with van der Waals surface area (Å²) in [6.07, 6.45) is 1.08. The fraction of sp³-hybridized carbons (Fsp3) is 0.278. The number of oxazole rings is 1. The van der Waals surface area contributed by atoms with E-state index >= 15 is 0 Å². The molecule has 3 aromatic rings. The van der Waals surface area contributed by atoms with Gasteiger partial charge in [-0.2, -0.15) is 0 Å². The number of aromatic nitrogens is 1. The fourth-order valence-electron chi connectivity index (χ4n) is 2.34. The molecule has 0 saturated heterocycles. The van der Waals surface area contributed by atoms with E-state index in [0.29, 0.717) is 11.6 Å². The summed E-state index contributed by atoms with van der Waals surface area (Å²) in [6, 6.07) is 13.9. The van der Waals surface area contributed by atoms with E-state index in [-0.39, 0.29) is 5.41 Å². The van der Waals surface area contributed by atoms with Crippen LogP contribution in [0.5, 0.6) is 0 Å². The fourth-order valence-corrected chi connectivity index (χ4v) is 2.34. The number of nitrogens with two attached hydrogens (primary N) is 1. The van der Waals surface area contributed by atoms with Gasteiger partial charge in [0.1, 0.15) is 5.52 Å². The lowest BCUT2D eigenvalue weighted by Crippen LogP contribution is -2.14. The van der Waals surface area contributed by atoms with E-state index in [0.717, 1.165) is 23.1 Å². The largest absolute Gasteiger partial charge is 0.436 e. The second-order valence-electron chi connectivity index (χ2n) is 6.06. The van der Waals surface area contributed by atoms with Crippen LogP contribution in [-0.2, 0) is 5.41 Å². The van der Waals surface area contributed by atoms with Crippen LogP contribution >= 0.6 is 0 Å². The van der Waals surface area contributed by atoms with Gasteiger partial charge in [-0.3, -0.25) is 0 Å². The highest BCUT2D eigenvalue weighted by atomic mass is 16.3. The van der Waals surface area contributed by atoms with Gasteiger partial charge in [-0.25, -0.2) is 4.98 Å². The number of hydrogen-bond acceptors (Lipinski definition) is 3. The third-order valence-electron chi connectivity index (χ3n) is 4.19. The van der Waals surface area contributed by atoms with Crippen molar-refractivity contribution in [2.24, 2.45) is 0 Å². The maximum atomic E-state index is 5.92. The summed E-state index contributed by atoms with van der Waals surface area (Å²) < 4.78 is 5.92. The summed E-state index contributed by atoms with van der Waals surface area (Å²) in [7, 11) is 0. The third kappa shape index (κ3) is 2.51. The molecule has 108 valence electrons. The minimum atomic E-state index is 0.137. The molecule has 3 nitrogen and oxygen atoms in total. The van der Waals surface area contributed by atoms with E-state index in [1.165, 1.54) is 5.56 Å². The van der Waals surface area contributed by atoms with Gasteiger partial charge in [-0.05, 0) is 47.7 Å². The zero-order valence-corrected chi connectivity index (χ0v) is 12.7. The van der Waals surface area contributed by atoms with Gasteiger partial charge in [0.15, 0.2) is 5.58 Å². The second kappa shape index (κ2) is 4.92. The van der Waals surface area contributed by atoms with Crippen molar-refractivity contribution in [2.75, 3.05) is 5.73 Å². The molecule has 0 amide bonds. The normalized spacial score (nSPS) is 12.0. The first kappa shape index (κ1) is 13.7. The molecule has 0 fully saturated rings. The van der Waals surface area contributed by atoms with Crippen LogP contribution in [0.2, 0.25) is 0 Å². The molecule has 2 aromatic carbocycles. The summed E-state index contributed by atoms with van der Waals surface area (Å²) in [5, 5.41) is 0. The molecule has 0 aliphatic rings. The van der Waals surface area contributed by atoms with Crippen LogP contribution in [0.1, 0.15) is 32.8 Å². The first-order valence-corrected chi connectivity index (χ1v) is 7.26.